The minimum atomic E-state index is -0.906. The quantitative estimate of drug-likeness (QED) is 0.0770. The molecule has 2 aliphatic rings. The molecule has 2 fully saturated rings. The van der Waals surface area contributed by atoms with Crippen LogP contribution in [0.15, 0.2) is 0 Å². The summed E-state index contributed by atoms with van der Waals surface area (Å²) in [5.41, 5.74) is 0. The largest absolute Gasteiger partial charge is 0.481 e. The minimum absolute atomic E-state index is 0.0162. The van der Waals surface area contributed by atoms with Gasteiger partial charge in [-0.05, 0) is 19.4 Å². The second kappa shape index (κ2) is 32.5. The first-order valence-electron chi connectivity index (χ1n) is 19.4. The number of carboxylic acids is 3. The Morgan fingerprint density at radius 2 is 1.14 bits per heavy atom. The number of hydrogen-bond donors (Lipinski definition) is 4. The molecule has 0 aromatic carbocycles. The zero-order chi connectivity index (χ0) is 42.3. The van der Waals surface area contributed by atoms with Gasteiger partial charge in [0, 0.05) is 104 Å². The molecule has 2 amide bonds. The van der Waals surface area contributed by atoms with Crippen molar-refractivity contribution in [3.05, 3.63) is 0 Å². The normalized spacial score (nSPS) is 16.9. The fraction of sp³-hybridized carbons (Fsp3) is 0.811. The van der Waals surface area contributed by atoms with Gasteiger partial charge in [-0.1, -0.05) is 20.8 Å². The van der Waals surface area contributed by atoms with Gasteiger partial charge in [0.05, 0.1) is 52.5 Å². The number of amides is 2. The molecule has 56 heavy (non-hydrogen) atoms. The summed E-state index contributed by atoms with van der Waals surface area (Å²) in [6.07, 6.45) is 3.45. The van der Waals surface area contributed by atoms with Crippen molar-refractivity contribution in [2.45, 2.75) is 58.9 Å². The molecule has 2 rings (SSSR count). The number of likely N-dealkylation sites (tertiary alicyclic amines) is 1. The van der Waals surface area contributed by atoms with Gasteiger partial charge in [-0.25, -0.2) is 0 Å². The van der Waals surface area contributed by atoms with E-state index in [4.69, 9.17) is 29.9 Å². The van der Waals surface area contributed by atoms with Crippen molar-refractivity contribution >= 4 is 42.3 Å². The molecule has 2 aliphatic heterocycles. The highest BCUT2D eigenvalue weighted by molar-refractivity contribution is 5.86. The number of piperidine rings is 1. The van der Waals surface area contributed by atoms with Crippen molar-refractivity contribution in [1.29, 1.82) is 0 Å². The fourth-order valence-corrected chi connectivity index (χ4v) is 6.00. The second-order valence-electron chi connectivity index (χ2n) is 13.7. The molecule has 19 nitrogen and oxygen atoms in total. The van der Waals surface area contributed by atoms with E-state index in [0.29, 0.717) is 91.6 Å². The van der Waals surface area contributed by atoms with Crippen molar-refractivity contribution in [2.75, 3.05) is 132 Å². The number of carbonyl (C=O) groups is 7. The third-order valence-electron chi connectivity index (χ3n) is 9.37. The predicted octanol–water partition coefficient (Wildman–Crippen LogP) is -0.846. The molecule has 0 unspecified atom stereocenters. The van der Waals surface area contributed by atoms with Crippen molar-refractivity contribution < 1.29 is 63.5 Å². The van der Waals surface area contributed by atoms with Crippen LogP contribution in [0.5, 0.6) is 0 Å². The number of ether oxygens (including phenoxy) is 2. The zero-order valence-electron chi connectivity index (χ0n) is 33.9. The van der Waals surface area contributed by atoms with Crippen LogP contribution in [0.4, 0.5) is 0 Å². The number of nitrogens with zero attached hydrogens (tertiary/aromatic N) is 6. The van der Waals surface area contributed by atoms with E-state index in [9.17, 15) is 33.6 Å². The van der Waals surface area contributed by atoms with E-state index in [2.05, 4.69) is 4.90 Å². The Bertz CT molecular complexity index is 1110. The molecule has 4 N–H and O–H groups in total. The first-order chi connectivity index (χ1) is 26.8. The van der Waals surface area contributed by atoms with Crippen LogP contribution >= 0.6 is 0 Å². The van der Waals surface area contributed by atoms with Crippen LogP contribution in [-0.2, 0) is 43.0 Å². The molecular weight excluding hydrogens is 736 g/mol. The van der Waals surface area contributed by atoms with E-state index < -0.39 is 17.9 Å². The number of carboxylic acid groups (broad SMARTS) is 3. The molecule has 0 saturated carbocycles. The van der Waals surface area contributed by atoms with Crippen LogP contribution in [0, 0.1) is 5.92 Å². The second-order valence-corrected chi connectivity index (χ2v) is 13.7. The van der Waals surface area contributed by atoms with E-state index in [1.54, 1.807) is 9.80 Å². The number of ketones is 1. The van der Waals surface area contributed by atoms with Crippen molar-refractivity contribution in [2.24, 2.45) is 5.92 Å². The third-order valence-corrected chi connectivity index (χ3v) is 9.37. The molecule has 19 heteroatoms. The summed E-state index contributed by atoms with van der Waals surface area (Å²) in [5, 5.41) is 33.7. The maximum atomic E-state index is 12.7. The standard InChI is InChI=1S/C20H34N2O7.C16H30N4O5.CH4O/c1-16(2)18(24)3-4-19(25)22(17-5-8-21(15-23)9-6-17)10-12-29-14-13-28-11-7-20(26)27;1-2-17-3-7-19(13-15(22)23)9-5-18(11-12-21)6-10-20(8-4-17)14-16(24)25;1-2/h15-17H,3-14H2,1-2H3,(H,26,27);12H,2-11,13-14H2,1H3,(H,22,23)(H,24,25);2H,1H3. The van der Waals surface area contributed by atoms with Gasteiger partial charge in [-0.2, -0.15) is 0 Å². The Kier molecular flexibility index (Phi) is 30.4. The Hall–Kier alpha value is -3.59. The summed E-state index contributed by atoms with van der Waals surface area (Å²) in [7, 11) is 1.00. The van der Waals surface area contributed by atoms with Crippen LogP contribution in [-0.4, -0.2) is 230 Å². The number of carbonyl (C=O) groups excluding carboxylic acids is 4. The number of aliphatic hydroxyl groups excluding tert-OH is 1. The summed E-state index contributed by atoms with van der Waals surface area (Å²) >= 11 is 0. The number of aliphatic hydroxyl groups is 1. The highest BCUT2D eigenvalue weighted by Gasteiger charge is 2.28. The number of aliphatic carboxylic acids is 3. The topological polar surface area (TPSA) is 238 Å². The lowest BCUT2D eigenvalue weighted by Gasteiger charge is -2.37. The average molecular weight is 805 g/mol. The van der Waals surface area contributed by atoms with E-state index >= 15 is 0 Å². The van der Waals surface area contributed by atoms with Gasteiger partial charge in [0.2, 0.25) is 12.3 Å². The van der Waals surface area contributed by atoms with Crippen LogP contribution in [0.1, 0.15) is 52.9 Å². The summed E-state index contributed by atoms with van der Waals surface area (Å²) in [6, 6.07) is 0.0308. The Balaban J connectivity index is 0.00000104. The van der Waals surface area contributed by atoms with Gasteiger partial charge in [-0.3, -0.25) is 43.5 Å². The van der Waals surface area contributed by atoms with Crippen molar-refractivity contribution in [1.82, 2.24) is 29.4 Å². The average Bonchev–Trinajstić information content (AvgIpc) is 3.16. The maximum Gasteiger partial charge on any atom is 0.317 e. The van der Waals surface area contributed by atoms with E-state index in [1.807, 2.05) is 35.5 Å². The third kappa shape index (κ3) is 25.5. The SMILES string of the molecule is CC(C)C(=O)CCC(=O)N(CCOCCOCCC(=O)O)C1CCN(C=O)CC1.CCN1CCN(CC(=O)O)CCN(CC=O)CCN(CC(=O)O)CC1.CO. The molecule has 0 aromatic rings. The van der Waals surface area contributed by atoms with E-state index in [-0.39, 0.29) is 69.2 Å². The first-order valence-corrected chi connectivity index (χ1v) is 19.4. The maximum absolute atomic E-state index is 12.7. The monoisotopic (exact) mass is 804 g/mol. The number of likely N-dealkylation sites (N-methyl/N-ethyl adjacent to an activating group) is 1. The van der Waals surface area contributed by atoms with Gasteiger partial charge in [0.15, 0.2) is 0 Å². The molecule has 0 spiro atoms. The lowest BCUT2D eigenvalue weighted by atomic mass is 10.0. The number of aldehydes is 1. The zero-order valence-corrected chi connectivity index (χ0v) is 33.9. The Morgan fingerprint density at radius 1 is 0.661 bits per heavy atom. The highest BCUT2D eigenvalue weighted by atomic mass is 16.5. The molecule has 0 aliphatic carbocycles. The van der Waals surface area contributed by atoms with Gasteiger partial charge >= 0.3 is 17.9 Å². The molecule has 324 valence electrons. The van der Waals surface area contributed by atoms with Gasteiger partial charge in [-0.15, -0.1) is 0 Å². The Morgan fingerprint density at radius 3 is 1.57 bits per heavy atom. The number of hydrogen-bond acceptors (Lipinski definition) is 14. The van der Waals surface area contributed by atoms with Crippen molar-refractivity contribution in [3.8, 4) is 0 Å². The van der Waals surface area contributed by atoms with Crippen LogP contribution in [0.3, 0.4) is 0 Å². The molecular formula is C37H68N6O13. The fourth-order valence-electron chi connectivity index (χ4n) is 6.00. The van der Waals surface area contributed by atoms with E-state index in [0.717, 1.165) is 39.4 Å². The molecule has 0 atom stereocenters. The number of rotatable bonds is 22. The van der Waals surface area contributed by atoms with Gasteiger partial charge in [0.25, 0.3) is 0 Å². The molecule has 0 aromatic heterocycles. The van der Waals surface area contributed by atoms with Crippen LogP contribution in [0.25, 0.3) is 0 Å². The Labute approximate surface area is 331 Å². The summed E-state index contributed by atoms with van der Waals surface area (Å²) < 4.78 is 10.7. The minimum Gasteiger partial charge on any atom is -0.481 e. The lowest BCUT2D eigenvalue weighted by Crippen LogP contribution is -2.48. The van der Waals surface area contributed by atoms with Crippen molar-refractivity contribution in [3.63, 3.8) is 0 Å². The van der Waals surface area contributed by atoms with Crippen LogP contribution < -0.4 is 0 Å². The lowest BCUT2D eigenvalue weighted by molar-refractivity contribution is -0.139. The van der Waals surface area contributed by atoms with Crippen LogP contribution in [0.2, 0.25) is 0 Å². The first kappa shape index (κ1) is 52.4. The van der Waals surface area contributed by atoms with Gasteiger partial charge in [0.1, 0.15) is 12.1 Å². The highest BCUT2D eigenvalue weighted by Crippen LogP contribution is 2.18. The summed E-state index contributed by atoms with van der Waals surface area (Å²) in [5.74, 6) is -2.70. The van der Waals surface area contributed by atoms with Gasteiger partial charge < -0.3 is 49.4 Å². The smallest absolute Gasteiger partial charge is 0.317 e. The summed E-state index contributed by atoms with van der Waals surface area (Å²) in [4.78, 5) is 90.3. The predicted molar refractivity (Wildman–Crippen MR) is 206 cm³/mol. The van der Waals surface area contributed by atoms with E-state index in [1.165, 1.54) is 0 Å². The molecule has 0 radical (unpaired) electrons. The number of Topliss-reactive ketones (excluding diaryl/α,β-unsaturated/α-hetero) is 1. The summed E-state index contributed by atoms with van der Waals surface area (Å²) in [6.45, 7) is 14.5. The molecule has 2 saturated heterocycles. The molecule has 2 heterocycles. The molecule has 0 bridgehead atoms.